The van der Waals surface area contributed by atoms with Crippen molar-refractivity contribution in [3.8, 4) is 22.6 Å². The molecular formula is C35H32O4. The monoisotopic (exact) mass is 516 g/mol. The SMILES string of the molecule is COCc1cc(C2(c3cc(C)c(O)c(COC)c3)c3ccccc3-c3cc4ccccc4cc32)cc(C)c1O. The van der Waals surface area contributed by atoms with E-state index < -0.39 is 5.41 Å². The zero-order valence-corrected chi connectivity index (χ0v) is 22.7. The summed E-state index contributed by atoms with van der Waals surface area (Å²) < 4.78 is 11.0. The molecule has 1 aliphatic carbocycles. The third-order valence-electron chi connectivity index (χ3n) is 8.14. The Labute approximate surface area is 229 Å². The molecule has 0 amide bonds. The van der Waals surface area contributed by atoms with E-state index in [4.69, 9.17) is 9.47 Å². The van der Waals surface area contributed by atoms with Gasteiger partial charge in [-0.15, -0.1) is 0 Å². The molecule has 5 aromatic carbocycles. The summed E-state index contributed by atoms with van der Waals surface area (Å²) in [6.45, 7) is 4.47. The van der Waals surface area contributed by atoms with Crippen LogP contribution in [0.2, 0.25) is 0 Å². The molecule has 0 saturated heterocycles. The van der Waals surface area contributed by atoms with Crippen molar-refractivity contribution in [3.05, 3.63) is 129 Å². The minimum Gasteiger partial charge on any atom is -0.507 e. The Morgan fingerprint density at radius 1 is 0.590 bits per heavy atom. The molecule has 0 atom stereocenters. The highest BCUT2D eigenvalue weighted by molar-refractivity contribution is 5.96. The average molecular weight is 517 g/mol. The van der Waals surface area contributed by atoms with E-state index >= 15 is 0 Å². The molecule has 2 N–H and O–H groups in total. The van der Waals surface area contributed by atoms with Crippen molar-refractivity contribution in [2.24, 2.45) is 0 Å². The predicted octanol–water partition coefficient (Wildman–Crippen LogP) is 7.52. The molecule has 4 nitrogen and oxygen atoms in total. The Hall–Kier alpha value is -4.12. The van der Waals surface area contributed by atoms with Crippen LogP contribution in [-0.2, 0) is 28.1 Å². The van der Waals surface area contributed by atoms with Gasteiger partial charge in [0.1, 0.15) is 11.5 Å². The lowest BCUT2D eigenvalue weighted by molar-refractivity contribution is 0.181. The fourth-order valence-corrected chi connectivity index (χ4v) is 6.42. The topological polar surface area (TPSA) is 58.9 Å². The van der Waals surface area contributed by atoms with Crippen LogP contribution in [0.15, 0.2) is 84.9 Å². The Bertz CT molecular complexity index is 1670. The standard InChI is InChI=1S/C35H32O4/c1-21-13-27(15-25(19-38-3)33(21)36)35(28-14-22(2)34(37)26(16-28)20-39-4)31-12-8-7-11-29(31)30-17-23-9-5-6-10-24(23)18-32(30)35/h5-18,36-37H,19-20H2,1-4H3. The third-order valence-corrected chi connectivity index (χ3v) is 8.14. The number of rotatable bonds is 6. The van der Waals surface area contributed by atoms with Gasteiger partial charge in [-0.05, 0) is 93.4 Å². The highest BCUT2D eigenvalue weighted by Crippen LogP contribution is 2.58. The van der Waals surface area contributed by atoms with Crippen molar-refractivity contribution in [1.29, 1.82) is 0 Å². The largest absolute Gasteiger partial charge is 0.507 e. The summed E-state index contributed by atoms with van der Waals surface area (Å²) in [6.07, 6.45) is 0. The van der Waals surface area contributed by atoms with Gasteiger partial charge in [0.25, 0.3) is 0 Å². The van der Waals surface area contributed by atoms with E-state index in [1.54, 1.807) is 14.2 Å². The van der Waals surface area contributed by atoms with E-state index in [-0.39, 0.29) is 11.5 Å². The number of aryl methyl sites for hydroxylation is 2. The van der Waals surface area contributed by atoms with E-state index in [1.807, 2.05) is 13.8 Å². The number of benzene rings is 5. The zero-order chi connectivity index (χ0) is 27.3. The van der Waals surface area contributed by atoms with E-state index in [1.165, 1.54) is 22.1 Å². The van der Waals surface area contributed by atoms with E-state index in [0.717, 1.165) is 44.3 Å². The summed E-state index contributed by atoms with van der Waals surface area (Å²) >= 11 is 0. The van der Waals surface area contributed by atoms with E-state index in [2.05, 4.69) is 84.9 Å². The van der Waals surface area contributed by atoms with Crippen LogP contribution in [0.5, 0.6) is 11.5 Å². The van der Waals surface area contributed by atoms with E-state index in [0.29, 0.717) is 13.2 Å². The van der Waals surface area contributed by atoms with Crippen molar-refractivity contribution in [3.63, 3.8) is 0 Å². The van der Waals surface area contributed by atoms with Gasteiger partial charge in [-0.1, -0.05) is 60.7 Å². The number of methoxy groups -OCH3 is 2. The first-order chi connectivity index (χ1) is 18.9. The molecular weight excluding hydrogens is 484 g/mol. The van der Waals surface area contributed by atoms with Crippen molar-refractivity contribution < 1.29 is 19.7 Å². The van der Waals surface area contributed by atoms with Crippen LogP contribution in [0.1, 0.15) is 44.5 Å². The maximum atomic E-state index is 10.9. The number of aromatic hydroxyl groups is 2. The average Bonchev–Trinajstić information content (AvgIpc) is 3.22. The second-order valence-electron chi connectivity index (χ2n) is 10.5. The number of hydrogen-bond donors (Lipinski definition) is 2. The molecule has 4 heteroatoms. The summed E-state index contributed by atoms with van der Waals surface area (Å²) in [7, 11) is 3.29. The lowest BCUT2D eigenvalue weighted by Gasteiger charge is -2.35. The molecule has 0 aromatic heterocycles. The molecule has 0 fully saturated rings. The highest BCUT2D eigenvalue weighted by Gasteiger charge is 2.47. The van der Waals surface area contributed by atoms with Gasteiger partial charge >= 0.3 is 0 Å². The second-order valence-corrected chi connectivity index (χ2v) is 10.5. The van der Waals surface area contributed by atoms with Gasteiger partial charge in [0, 0.05) is 25.3 Å². The quantitative estimate of drug-likeness (QED) is 0.240. The van der Waals surface area contributed by atoms with Crippen molar-refractivity contribution >= 4 is 10.8 Å². The Balaban J connectivity index is 1.81. The van der Waals surface area contributed by atoms with E-state index in [9.17, 15) is 10.2 Å². The molecule has 196 valence electrons. The third kappa shape index (κ3) is 3.75. The number of phenolic OH excluding ortho intramolecular Hbond substituents is 2. The van der Waals surface area contributed by atoms with Crippen LogP contribution in [0.3, 0.4) is 0 Å². The Morgan fingerprint density at radius 2 is 1.10 bits per heavy atom. The van der Waals surface area contributed by atoms with Crippen molar-refractivity contribution in [2.75, 3.05) is 14.2 Å². The zero-order valence-electron chi connectivity index (χ0n) is 22.7. The van der Waals surface area contributed by atoms with Crippen molar-refractivity contribution in [1.82, 2.24) is 0 Å². The molecule has 0 bridgehead atoms. The first-order valence-corrected chi connectivity index (χ1v) is 13.2. The molecule has 0 spiro atoms. The number of ether oxygens (including phenoxy) is 2. The predicted molar refractivity (Wildman–Crippen MR) is 155 cm³/mol. The Kier molecular flexibility index (Phi) is 6.17. The molecule has 5 aromatic rings. The molecule has 0 radical (unpaired) electrons. The maximum absolute atomic E-state index is 10.9. The maximum Gasteiger partial charge on any atom is 0.124 e. The summed E-state index contributed by atoms with van der Waals surface area (Å²) in [4.78, 5) is 0. The molecule has 0 saturated carbocycles. The first kappa shape index (κ1) is 25.2. The first-order valence-electron chi connectivity index (χ1n) is 13.2. The smallest absolute Gasteiger partial charge is 0.124 e. The molecule has 1 aliphatic rings. The van der Waals surface area contributed by atoms with Gasteiger partial charge in [-0.2, -0.15) is 0 Å². The number of fused-ring (bicyclic) bond motifs is 4. The number of hydrogen-bond acceptors (Lipinski definition) is 4. The van der Waals surface area contributed by atoms with Gasteiger partial charge in [0.15, 0.2) is 0 Å². The van der Waals surface area contributed by atoms with Crippen LogP contribution in [0.25, 0.3) is 21.9 Å². The van der Waals surface area contributed by atoms with Gasteiger partial charge in [-0.25, -0.2) is 0 Å². The fraction of sp³-hybridized carbons (Fsp3) is 0.200. The molecule has 0 heterocycles. The normalized spacial score (nSPS) is 13.4. The molecule has 0 unspecified atom stereocenters. The lowest BCUT2D eigenvalue weighted by Crippen LogP contribution is -2.29. The summed E-state index contributed by atoms with van der Waals surface area (Å²) in [5, 5.41) is 24.2. The van der Waals surface area contributed by atoms with Gasteiger partial charge in [0.2, 0.25) is 0 Å². The fourth-order valence-electron chi connectivity index (χ4n) is 6.42. The molecule has 0 aliphatic heterocycles. The van der Waals surface area contributed by atoms with Crippen LogP contribution in [0.4, 0.5) is 0 Å². The molecule has 6 rings (SSSR count). The lowest BCUT2D eigenvalue weighted by atomic mass is 9.66. The molecule has 39 heavy (non-hydrogen) atoms. The van der Waals surface area contributed by atoms with Crippen LogP contribution < -0.4 is 0 Å². The van der Waals surface area contributed by atoms with Crippen molar-refractivity contribution in [2.45, 2.75) is 32.5 Å². The van der Waals surface area contributed by atoms with Crippen LogP contribution in [0, 0.1) is 13.8 Å². The highest BCUT2D eigenvalue weighted by atomic mass is 16.5. The summed E-state index contributed by atoms with van der Waals surface area (Å²) in [5.74, 6) is 0.505. The van der Waals surface area contributed by atoms with Crippen LogP contribution >= 0.6 is 0 Å². The van der Waals surface area contributed by atoms with Gasteiger partial charge in [0.05, 0.1) is 18.6 Å². The summed E-state index contributed by atoms with van der Waals surface area (Å²) in [5.41, 5.74) is 9.14. The summed E-state index contributed by atoms with van der Waals surface area (Å²) in [6, 6.07) is 30.0. The Morgan fingerprint density at radius 3 is 1.67 bits per heavy atom. The van der Waals surface area contributed by atoms with Gasteiger partial charge < -0.3 is 19.7 Å². The minimum absolute atomic E-state index is 0.253. The van der Waals surface area contributed by atoms with Gasteiger partial charge in [-0.3, -0.25) is 0 Å². The van der Waals surface area contributed by atoms with Crippen LogP contribution in [-0.4, -0.2) is 24.4 Å². The minimum atomic E-state index is -0.697. The number of phenols is 2. The second kappa shape index (κ2) is 9.57.